The number of ketones is 1. The van der Waals surface area contributed by atoms with Gasteiger partial charge in [0.2, 0.25) is 0 Å². The van der Waals surface area contributed by atoms with E-state index < -0.39 is 19.1 Å². The lowest BCUT2D eigenvalue weighted by Crippen LogP contribution is -2.67. The molecule has 0 aromatic heterocycles. The van der Waals surface area contributed by atoms with Crippen LogP contribution in [-0.2, 0) is 20.0 Å². The van der Waals surface area contributed by atoms with Crippen molar-refractivity contribution in [3.8, 4) is 0 Å². The van der Waals surface area contributed by atoms with E-state index in [0.29, 0.717) is 4.90 Å². The average molecular weight is 453 g/mol. The number of aryl methyl sites for hydroxylation is 1. The summed E-state index contributed by atoms with van der Waals surface area (Å²) in [5, 5.41) is 2.05. The van der Waals surface area contributed by atoms with E-state index in [0.717, 1.165) is 15.9 Å². The molecule has 0 unspecified atom stereocenters. The van der Waals surface area contributed by atoms with Crippen LogP contribution < -0.4 is 10.4 Å². The summed E-state index contributed by atoms with van der Waals surface area (Å²) in [6.45, 7) is 8.46. The zero-order valence-electron chi connectivity index (χ0n) is 18.6. The summed E-state index contributed by atoms with van der Waals surface area (Å²) in [6.07, 6.45) is 0. The van der Waals surface area contributed by atoms with Gasteiger partial charge in [0.15, 0.2) is 5.78 Å². The smallest absolute Gasteiger partial charge is 0.261 e. The van der Waals surface area contributed by atoms with Crippen LogP contribution in [0.1, 0.15) is 26.3 Å². The minimum atomic E-state index is -2.77. The van der Waals surface area contributed by atoms with Gasteiger partial charge in [0.1, 0.15) is 0 Å². The number of benzene rings is 3. The summed E-state index contributed by atoms with van der Waals surface area (Å²) in [7, 11) is -4.14. The van der Waals surface area contributed by atoms with Crippen LogP contribution in [0.4, 0.5) is 0 Å². The van der Waals surface area contributed by atoms with Crippen molar-refractivity contribution in [2.45, 2.75) is 37.6 Å². The molecule has 0 spiro atoms. The molecular weight excluding hydrogens is 422 g/mol. The largest absolute Gasteiger partial charge is 0.400 e. The van der Waals surface area contributed by atoms with Crippen LogP contribution in [0.3, 0.4) is 0 Å². The zero-order chi connectivity index (χ0) is 22.5. The predicted octanol–water partition coefficient (Wildman–Crippen LogP) is 4.25. The molecule has 162 valence electrons. The zero-order valence-corrected chi connectivity index (χ0v) is 20.4. The lowest BCUT2D eigenvalue weighted by atomic mass is 10.2. The van der Waals surface area contributed by atoms with Crippen molar-refractivity contribution in [2.24, 2.45) is 0 Å². The third-order valence-electron chi connectivity index (χ3n) is 5.44. The highest BCUT2D eigenvalue weighted by Gasteiger charge is 2.50. The molecule has 3 rings (SSSR count). The summed E-state index contributed by atoms with van der Waals surface area (Å²) in [5.74, 6) is -0.187. The van der Waals surface area contributed by atoms with Crippen molar-refractivity contribution >= 4 is 35.3 Å². The van der Waals surface area contributed by atoms with Crippen molar-refractivity contribution in [3.63, 3.8) is 0 Å². The Hall–Kier alpha value is -2.34. The molecule has 1 atom stereocenters. The fraction of sp³-hybridized carbons (Fsp3) is 0.269. The molecule has 0 aliphatic carbocycles. The molecule has 0 saturated carbocycles. The first-order chi connectivity index (χ1) is 14.7. The number of carbonyl (C=O) groups is 1. The van der Waals surface area contributed by atoms with E-state index in [9.17, 15) is 9.00 Å². The minimum Gasteiger partial charge on any atom is -0.400 e. The van der Waals surface area contributed by atoms with Gasteiger partial charge in [0.25, 0.3) is 8.32 Å². The monoisotopic (exact) mass is 452 g/mol. The molecule has 0 aliphatic heterocycles. The first-order valence-corrected chi connectivity index (χ1v) is 13.7. The Morgan fingerprint density at radius 3 is 1.77 bits per heavy atom. The molecule has 0 N–H and O–H groups in total. The maximum absolute atomic E-state index is 12.8. The Balaban J connectivity index is 1.88. The maximum atomic E-state index is 12.8. The van der Waals surface area contributed by atoms with Crippen molar-refractivity contribution in [2.75, 3.05) is 12.4 Å². The first-order valence-electron chi connectivity index (χ1n) is 10.5. The van der Waals surface area contributed by atoms with E-state index in [-0.39, 0.29) is 23.2 Å². The molecule has 0 radical (unpaired) electrons. The highest BCUT2D eigenvalue weighted by atomic mass is 32.2. The van der Waals surface area contributed by atoms with Gasteiger partial charge in [-0.3, -0.25) is 9.00 Å². The van der Waals surface area contributed by atoms with Gasteiger partial charge in [-0.05, 0) is 34.5 Å². The van der Waals surface area contributed by atoms with E-state index in [2.05, 4.69) is 45.0 Å². The van der Waals surface area contributed by atoms with Gasteiger partial charge in [0, 0.05) is 4.90 Å². The Labute approximate surface area is 189 Å². The molecule has 3 aromatic rings. The minimum absolute atomic E-state index is 0.0404. The second-order valence-electron chi connectivity index (χ2n) is 8.79. The molecule has 0 amide bonds. The summed E-state index contributed by atoms with van der Waals surface area (Å²) >= 11 is 0. The summed E-state index contributed by atoms with van der Waals surface area (Å²) in [5.41, 5.74) is 1.10. The Morgan fingerprint density at radius 2 is 1.32 bits per heavy atom. The van der Waals surface area contributed by atoms with Gasteiger partial charge in [-0.1, -0.05) is 99.1 Å². The van der Waals surface area contributed by atoms with E-state index >= 15 is 0 Å². The fourth-order valence-corrected chi connectivity index (χ4v) is 9.43. The van der Waals surface area contributed by atoms with Gasteiger partial charge < -0.3 is 4.43 Å². The van der Waals surface area contributed by atoms with E-state index in [1.807, 2.05) is 67.6 Å². The van der Waals surface area contributed by atoms with Gasteiger partial charge >= 0.3 is 0 Å². The second kappa shape index (κ2) is 9.85. The standard InChI is InChI=1S/C26H30O3SSi/c1-21-15-17-23(18-16-21)30(28)20-22(27)19-29-31(26(2,3)4,24-11-7-5-8-12-24)25-13-9-6-10-14-25/h5-18H,19-20H2,1-4H3/t30-/m0/s1/i22+2. The number of carbonyl (C=O) groups excluding carboxylic acids is 1. The molecule has 0 saturated heterocycles. The SMILES string of the molecule is Cc1ccc([S@@](=O)C[14C](=O)CO[Si](c2ccccc2)(c2ccccc2)C(C)(C)C)cc1. The molecule has 0 fully saturated rings. The van der Waals surface area contributed by atoms with Gasteiger partial charge in [0.05, 0.1) is 23.2 Å². The lowest BCUT2D eigenvalue weighted by molar-refractivity contribution is -0.118. The number of hydrogen-bond donors (Lipinski definition) is 0. The molecule has 3 aromatic carbocycles. The number of hydrogen-bond acceptors (Lipinski definition) is 3. The highest BCUT2D eigenvalue weighted by molar-refractivity contribution is 7.85. The number of rotatable bonds is 8. The topological polar surface area (TPSA) is 43.4 Å². The van der Waals surface area contributed by atoms with Crippen LogP contribution in [0, 0.1) is 6.92 Å². The van der Waals surface area contributed by atoms with Gasteiger partial charge in [-0.15, -0.1) is 0 Å². The van der Waals surface area contributed by atoms with Gasteiger partial charge in [-0.2, -0.15) is 0 Å². The molecule has 0 aliphatic rings. The first kappa shape index (κ1) is 23.3. The van der Waals surface area contributed by atoms with Crippen LogP contribution >= 0.6 is 0 Å². The summed E-state index contributed by atoms with van der Waals surface area (Å²) in [4.78, 5) is 13.5. The number of Topliss-reactive ketones (excluding diaryl/α,β-unsaturated/α-hetero) is 1. The quantitative estimate of drug-likeness (QED) is 0.480. The van der Waals surface area contributed by atoms with Gasteiger partial charge in [-0.25, -0.2) is 0 Å². The Morgan fingerprint density at radius 1 is 0.839 bits per heavy atom. The van der Waals surface area contributed by atoms with E-state index in [1.165, 1.54) is 0 Å². The van der Waals surface area contributed by atoms with Crippen molar-refractivity contribution in [1.82, 2.24) is 0 Å². The fourth-order valence-electron chi connectivity index (χ4n) is 3.91. The molecule has 5 heteroatoms. The van der Waals surface area contributed by atoms with Crippen LogP contribution in [0.2, 0.25) is 5.04 Å². The van der Waals surface area contributed by atoms with Crippen molar-refractivity contribution < 1.29 is 13.4 Å². The van der Waals surface area contributed by atoms with Crippen LogP contribution in [0.25, 0.3) is 0 Å². The summed E-state index contributed by atoms with van der Waals surface area (Å²) < 4.78 is 19.3. The predicted molar refractivity (Wildman–Crippen MR) is 131 cm³/mol. The maximum Gasteiger partial charge on any atom is 0.261 e. The van der Waals surface area contributed by atoms with E-state index in [4.69, 9.17) is 4.43 Å². The Kier molecular flexibility index (Phi) is 7.41. The molecule has 0 heterocycles. The third-order valence-corrected chi connectivity index (χ3v) is 11.8. The third kappa shape index (κ3) is 5.29. The van der Waals surface area contributed by atoms with Crippen LogP contribution in [0.5, 0.6) is 0 Å². The molecule has 31 heavy (non-hydrogen) atoms. The van der Waals surface area contributed by atoms with Crippen LogP contribution in [0.15, 0.2) is 89.8 Å². The molecule has 0 bridgehead atoms. The second-order valence-corrected chi connectivity index (χ2v) is 14.6. The normalized spacial score (nSPS) is 13.0. The highest BCUT2D eigenvalue weighted by Crippen LogP contribution is 2.36. The summed E-state index contributed by atoms with van der Waals surface area (Å²) in [6, 6.07) is 27.9. The Bertz CT molecular complexity index is 986. The van der Waals surface area contributed by atoms with Crippen molar-refractivity contribution in [1.29, 1.82) is 0 Å². The average Bonchev–Trinajstić information content (AvgIpc) is 2.75. The van der Waals surface area contributed by atoms with Crippen molar-refractivity contribution in [3.05, 3.63) is 90.5 Å². The molecule has 3 nitrogen and oxygen atoms in total. The lowest BCUT2D eigenvalue weighted by Gasteiger charge is -2.42. The van der Waals surface area contributed by atoms with E-state index in [1.54, 1.807) is 0 Å². The van der Waals surface area contributed by atoms with Crippen LogP contribution in [-0.4, -0.2) is 30.7 Å². The molecular formula is C26H30O3SSi.